The Morgan fingerprint density at radius 2 is 1.61 bits per heavy atom. The maximum Gasteiger partial charge on any atom is 0.573 e. The van der Waals surface area contributed by atoms with Crippen molar-refractivity contribution < 1.29 is 17.9 Å². The largest absolute Gasteiger partial charge is 0.573 e. The standard InChI is InChI=1S/C16H11F3N2OS/c17-16(18,19)22-13-8-6-12(7-9-13)21-14(10-20-15(21)23)11-4-2-1-3-5-11/h1-10H,(H,20,23). The topological polar surface area (TPSA) is 29.9 Å². The summed E-state index contributed by atoms with van der Waals surface area (Å²) in [5.41, 5.74) is 2.40. The molecule has 0 amide bonds. The molecule has 0 saturated heterocycles. The number of hydrogen-bond donors (Lipinski definition) is 1. The molecule has 3 aromatic rings. The monoisotopic (exact) mass is 336 g/mol. The molecule has 23 heavy (non-hydrogen) atoms. The van der Waals surface area contributed by atoms with Gasteiger partial charge in [-0.25, -0.2) is 0 Å². The molecule has 3 nitrogen and oxygen atoms in total. The van der Waals surface area contributed by atoms with Crippen LogP contribution in [0.15, 0.2) is 60.8 Å². The number of H-pyrrole nitrogens is 1. The van der Waals surface area contributed by atoms with Crippen LogP contribution >= 0.6 is 12.2 Å². The lowest BCUT2D eigenvalue weighted by molar-refractivity contribution is -0.274. The molecular formula is C16H11F3N2OS. The van der Waals surface area contributed by atoms with Gasteiger partial charge in [0, 0.05) is 17.4 Å². The normalized spacial score (nSPS) is 11.4. The lowest BCUT2D eigenvalue weighted by atomic mass is 10.1. The molecule has 7 heteroatoms. The molecule has 1 N–H and O–H groups in total. The minimum absolute atomic E-state index is 0.274. The Balaban J connectivity index is 2.00. The number of aromatic nitrogens is 2. The van der Waals surface area contributed by atoms with Crippen LogP contribution < -0.4 is 4.74 Å². The van der Waals surface area contributed by atoms with Gasteiger partial charge in [-0.05, 0) is 36.5 Å². The SMILES string of the molecule is FC(F)(F)Oc1ccc(-n2c(-c3ccccc3)c[nH]c2=S)cc1. The van der Waals surface area contributed by atoms with Crippen molar-refractivity contribution in [2.24, 2.45) is 0 Å². The van der Waals surface area contributed by atoms with E-state index in [1.807, 2.05) is 30.3 Å². The van der Waals surface area contributed by atoms with E-state index in [2.05, 4.69) is 9.72 Å². The molecule has 0 radical (unpaired) electrons. The van der Waals surface area contributed by atoms with Gasteiger partial charge in [-0.15, -0.1) is 13.2 Å². The number of rotatable bonds is 3. The van der Waals surface area contributed by atoms with Crippen molar-refractivity contribution in [1.82, 2.24) is 9.55 Å². The number of aromatic amines is 1. The Morgan fingerprint density at radius 1 is 0.957 bits per heavy atom. The first-order valence-corrected chi connectivity index (χ1v) is 7.07. The predicted molar refractivity (Wildman–Crippen MR) is 83.1 cm³/mol. The number of alkyl halides is 3. The van der Waals surface area contributed by atoms with Crippen LogP contribution in [0, 0.1) is 4.77 Å². The number of halogens is 3. The average molecular weight is 336 g/mol. The number of benzene rings is 2. The summed E-state index contributed by atoms with van der Waals surface area (Å²) in [5.74, 6) is -0.274. The highest BCUT2D eigenvalue weighted by atomic mass is 32.1. The molecule has 0 fully saturated rings. The van der Waals surface area contributed by atoms with E-state index in [1.54, 1.807) is 10.8 Å². The minimum Gasteiger partial charge on any atom is -0.406 e. The highest BCUT2D eigenvalue weighted by molar-refractivity contribution is 7.71. The number of ether oxygens (including phenoxy) is 1. The van der Waals surface area contributed by atoms with Crippen LogP contribution in [0.25, 0.3) is 16.9 Å². The van der Waals surface area contributed by atoms with Gasteiger partial charge in [0.15, 0.2) is 4.77 Å². The van der Waals surface area contributed by atoms with Gasteiger partial charge in [0.05, 0.1) is 5.69 Å². The summed E-state index contributed by atoms with van der Waals surface area (Å²) in [6, 6.07) is 15.1. The molecule has 0 unspecified atom stereocenters. The zero-order valence-electron chi connectivity index (χ0n) is 11.7. The summed E-state index contributed by atoms with van der Waals surface area (Å²) in [6.07, 6.45) is -2.95. The zero-order chi connectivity index (χ0) is 16.4. The quantitative estimate of drug-likeness (QED) is 0.674. The summed E-state index contributed by atoms with van der Waals surface area (Å²) in [4.78, 5) is 2.95. The summed E-state index contributed by atoms with van der Waals surface area (Å²) in [6.45, 7) is 0. The van der Waals surface area contributed by atoms with Gasteiger partial charge < -0.3 is 9.72 Å². The van der Waals surface area contributed by atoms with E-state index in [-0.39, 0.29) is 5.75 Å². The lowest BCUT2D eigenvalue weighted by Crippen LogP contribution is -2.17. The summed E-state index contributed by atoms with van der Waals surface area (Å²) < 4.78 is 42.7. The first kappa shape index (κ1) is 15.4. The predicted octanol–water partition coefficient (Wildman–Crippen LogP) is 5.10. The highest BCUT2D eigenvalue weighted by Crippen LogP contribution is 2.27. The molecule has 0 aliphatic rings. The maximum atomic E-state index is 12.2. The fourth-order valence-corrected chi connectivity index (χ4v) is 2.51. The van der Waals surface area contributed by atoms with Crippen molar-refractivity contribution in [3.8, 4) is 22.7 Å². The van der Waals surface area contributed by atoms with Gasteiger partial charge in [-0.1, -0.05) is 30.3 Å². The van der Waals surface area contributed by atoms with Crippen LogP contribution in [0.3, 0.4) is 0 Å². The number of nitrogens with zero attached hydrogens (tertiary/aromatic N) is 1. The summed E-state index contributed by atoms with van der Waals surface area (Å²) in [7, 11) is 0. The molecule has 3 rings (SSSR count). The van der Waals surface area contributed by atoms with E-state index in [4.69, 9.17) is 12.2 Å². The van der Waals surface area contributed by atoms with E-state index < -0.39 is 6.36 Å². The Kier molecular flexibility index (Phi) is 3.96. The van der Waals surface area contributed by atoms with Crippen molar-refractivity contribution >= 4 is 12.2 Å². The molecule has 0 aliphatic heterocycles. The third-order valence-electron chi connectivity index (χ3n) is 3.17. The number of imidazole rings is 1. The van der Waals surface area contributed by atoms with Crippen LogP contribution in [0.2, 0.25) is 0 Å². The van der Waals surface area contributed by atoms with Crippen molar-refractivity contribution in [2.75, 3.05) is 0 Å². The van der Waals surface area contributed by atoms with Crippen LogP contribution in [0.4, 0.5) is 13.2 Å². The van der Waals surface area contributed by atoms with Gasteiger partial charge in [0.1, 0.15) is 5.75 Å². The third-order valence-corrected chi connectivity index (χ3v) is 3.47. The van der Waals surface area contributed by atoms with Crippen molar-refractivity contribution in [1.29, 1.82) is 0 Å². The number of hydrogen-bond acceptors (Lipinski definition) is 2. The molecule has 118 valence electrons. The molecule has 0 aliphatic carbocycles. The molecule has 0 saturated carbocycles. The summed E-state index contributed by atoms with van der Waals surface area (Å²) >= 11 is 5.27. The molecule has 0 spiro atoms. The number of nitrogens with one attached hydrogen (secondary N) is 1. The molecule has 0 bridgehead atoms. The van der Waals surface area contributed by atoms with E-state index in [0.717, 1.165) is 11.3 Å². The Bertz CT molecular complexity index is 852. The van der Waals surface area contributed by atoms with Crippen molar-refractivity contribution in [3.05, 3.63) is 65.6 Å². The molecule has 1 heterocycles. The van der Waals surface area contributed by atoms with Gasteiger partial charge in [0.2, 0.25) is 0 Å². The van der Waals surface area contributed by atoms with E-state index in [9.17, 15) is 13.2 Å². The second-order valence-electron chi connectivity index (χ2n) is 4.72. The fourth-order valence-electron chi connectivity index (χ4n) is 2.24. The van der Waals surface area contributed by atoms with Crippen LogP contribution in [-0.2, 0) is 0 Å². The first-order chi connectivity index (χ1) is 10.9. The molecule has 1 aromatic heterocycles. The smallest absolute Gasteiger partial charge is 0.406 e. The second kappa shape index (κ2) is 5.92. The third kappa shape index (κ3) is 3.45. The van der Waals surface area contributed by atoms with Gasteiger partial charge in [-0.2, -0.15) is 0 Å². The first-order valence-electron chi connectivity index (χ1n) is 6.66. The second-order valence-corrected chi connectivity index (χ2v) is 5.11. The molecule has 0 atom stereocenters. The van der Waals surface area contributed by atoms with Crippen molar-refractivity contribution in [3.63, 3.8) is 0 Å². The van der Waals surface area contributed by atoms with E-state index in [1.165, 1.54) is 24.3 Å². The van der Waals surface area contributed by atoms with Crippen molar-refractivity contribution in [2.45, 2.75) is 6.36 Å². The van der Waals surface area contributed by atoms with Gasteiger partial charge >= 0.3 is 6.36 Å². The highest BCUT2D eigenvalue weighted by Gasteiger charge is 2.31. The maximum absolute atomic E-state index is 12.2. The van der Waals surface area contributed by atoms with E-state index in [0.29, 0.717) is 10.5 Å². The Labute approximate surface area is 135 Å². The Hall–Kier alpha value is -2.54. The van der Waals surface area contributed by atoms with Gasteiger partial charge in [0.25, 0.3) is 0 Å². The summed E-state index contributed by atoms with van der Waals surface area (Å²) in [5, 5.41) is 0. The zero-order valence-corrected chi connectivity index (χ0v) is 12.5. The van der Waals surface area contributed by atoms with E-state index >= 15 is 0 Å². The lowest BCUT2D eigenvalue weighted by Gasteiger charge is -2.11. The van der Waals surface area contributed by atoms with Gasteiger partial charge in [-0.3, -0.25) is 4.57 Å². The minimum atomic E-state index is -4.71. The average Bonchev–Trinajstić information content (AvgIpc) is 2.89. The van der Waals surface area contributed by atoms with Crippen LogP contribution in [0.1, 0.15) is 0 Å². The van der Waals surface area contributed by atoms with Crippen LogP contribution in [-0.4, -0.2) is 15.9 Å². The molecule has 2 aromatic carbocycles. The Morgan fingerprint density at radius 3 is 2.22 bits per heavy atom. The molecular weight excluding hydrogens is 325 g/mol. The fraction of sp³-hybridized carbons (Fsp3) is 0.0625. The van der Waals surface area contributed by atoms with Crippen LogP contribution in [0.5, 0.6) is 5.75 Å².